The van der Waals surface area contributed by atoms with E-state index in [-0.39, 0.29) is 5.91 Å². The van der Waals surface area contributed by atoms with Crippen LogP contribution in [0, 0.1) is 6.92 Å². The quantitative estimate of drug-likeness (QED) is 0.226. The lowest BCUT2D eigenvalue weighted by molar-refractivity contribution is -0.127. The van der Waals surface area contributed by atoms with Crippen LogP contribution in [-0.2, 0) is 4.79 Å². The summed E-state index contributed by atoms with van der Waals surface area (Å²) < 4.78 is 11.9. The Morgan fingerprint density at radius 3 is 2.19 bits per heavy atom. The van der Waals surface area contributed by atoms with Crippen molar-refractivity contribution < 1.29 is 19.1 Å². The molecule has 0 unspecified atom stereocenters. The maximum Gasteiger partial charge on any atom is 0.343 e. The molecule has 0 bridgehead atoms. The molecule has 0 aliphatic carbocycles. The molecule has 1 N–H and O–H groups in total. The third-order valence-corrected chi connectivity index (χ3v) is 4.79. The summed E-state index contributed by atoms with van der Waals surface area (Å²) in [5.74, 6) is 0.213. The van der Waals surface area contributed by atoms with Crippen molar-refractivity contribution in [3.8, 4) is 11.5 Å². The van der Waals surface area contributed by atoms with Crippen molar-refractivity contribution in [1.82, 2.24) is 5.43 Å². The minimum atomic E-state index is -0.707. The van der Waals surface area contributed by atoms with Gasteiger partial charge in [-0.25, -0.2) is 10.2 Å². The summed E-state index contributed by atoms with van der Waals surface area (Å²) in [5, 5.41) is 3.94. The molecule has 0 spiro atoms. The number of nitrogens with zero attached hydrogens (tertiary/aromatic N) is 1. The first-order valence-electron chi connectivity index (χ1n) is 9.55. The van der Waals surface area contributed by atoms with E-state index in [2.05, 4.69) is 26.5 Å². The molecule has 0 fully saturated rings. The monoisotopic (exact) mass is 480 g/mol. The van der Waals surface area contributed by atoms with Crippen LogP contribution in [-0.4, -0.2) is 24.2 Å². The molecule has 1 atom stereocenters. The van der Waals surface area contributed by atoms with Gasteiger partial charge in [0.05, 0.1) is 11.8 Å². The maximum atomic E-state index is 12.2. The molecule has 0 saturated heterocycles. The number of hydrazone groups is 1. The Kier molecular flexibility index (Phi) is 7.56. The highest BCUT2D eigenvalue weighted by Gasteiger charge is 2.13. The Morgan fingerprint density at radius 2 is 1.55 bits per heavy atom. The number of rotatable bonds is 7. The summed E-state index contributed by atoms with van der Waals surface area (Å²) in [6.07, 6.45) is 0.789. The van der Waals surface area contributed by atoms with Gasteiger partial charge in [0, 0.05) is 4.47 Å². The predicted molar refractivity (Wildman–Crippen MR) is 123 cm³/mol. The van der Waals surface area contributed by atoms with Gasteiger partial charge in [-0.15, -0.1) is 0 Å². The number of carbonyl (C=O) groups is 2. The second kappa shape index (κ2) is 10.5. The lowest BCUT2D eigenvalue weighted by Crippen LogP contribution is -2.33. The second-order valence-corrected chi connectivity index (χ2v) is 7.69. The van der Waals surface area contributed by atoms with Crippen molar-refractivity contribution in [2.45, 2.75) is 20.0 Å². The maximum absolute atomic E-state index is 12.2. The average Bonchev–Trinajstić information content (AvgIpc) is 2.77. The van der Waals surface area contributed by atoms with Crippen molar-refractivity contribution in [2.75, 3.05) is 0 Å². The second-order valence-electron chi connectivity index (χ2n) is 6.77. The molecule has 0 aliphatic rings. The van der Waals surface area contributed by atoms with Gasteiger partial charge in [0.2, 0.25) is 0 Å². The van der Waals surface area contributed by atoms with Gasteiger partial charge in [-0.05, 0) is 80.1 Å². The molecule has 3 rings (SSSR count). The first-order chi connectivity index (χ1) is 14.9. The molecule has 0 aromatic heterocycles. The Labute approximate surface area is 189 Å². The van der Waals surface area contributed by atoms with Crippen LogP contribution in [0.4, 0.5) is 0 Å². The van der Waals surface area contributed by atoms with Crippen LogP contribution in [0.5, 0.6) is 11.5 Å². The van der Waals surface area contributed by atoms with Gasteiger partial charge in [0.1, 0.15) is 11.5 Å². The molecule has 0 heterocycles. The zero-order valence-electron chi connectivity index (χ0n) is 17.0. The Balaban J connectivity index is 1.49. The van der Waals surface area contributed by atoms with E-state index in [4.69, 9.17) is 9.47 Å². The van der Waals surface area contributed by atoms with E-state index in [0.717, 1.165) is 15.6 Å². The number of hydrogen-bond donors (Lipinski definition) is 1. The predicted octanol–water partition coefficient (Wildman–Crippen LogP) is 4.89. The molecule has 1 amide bonds. The summed E-state index contributed by atoms with van der Waals surface area (Å²) in [4.78, 5) is 24.3. The Hall–Kier alpha value is -3.45. The van der Waals surface area contributed by atoms with Crippen LogP contribution in [0.3, 0.4) is 0 Å². The highest BCUT2D eigenvalue weighted by molar-refractivity contribution is 9.10. The SMILES string of the molecule is Cc1ccc(C(=O)Oc2ccc(/C=N\NC(=O)[C@@H](C)Oc3ccc(Br)cc3)cc2)cc1. The molecule has 7 heteroatoms. The average molecular weight is 481 g/mol. The largest absolute Gasteiger partial charge is 0.481 e. The van der Waals surface area contributed by atoms with Gasteiger partial charge < -0.3 is 9.47 Å². The van der Waals surface area contributed by atoms with Crippen LogP contribution in [0.2, 0.25) is 0 Å². The van der Waals surface area contributed by atoms with E-state index < -0.39 is 12.1 Å². The van der Waals surface area contributed by atoms with Crippen molar-refractivity contribution in [1.29, 1.82) is 0 Å². The van der Waals surface area contributed by atoms with E-state index in [0.29, 0.717) is 17.1 Å². The number of halogens is 1. The number of carbonyl (C=O) groups excluding carboxylic acids is 2. The minimum Gasteiger partial charge on any atom is -0.481 e. The first kappa shape index (κ1) is 22.2. The van der Waals surface area contributed by atoms with Gasteiger partial charge in [-0.1, -0.05) is 33.6 Å². The number of aryl methyl sites for hydroxylation is 1. The molecule has 31 heavy (non-hydrogen) atoms. The van der Waals surface area contributed by atoms with Crippen LogP contribution >= 0.6 is 15.9 Å². The van der Waals surface area contributed by atoms with Gasteiger partial charge in [0.15, 0.2) is 6.10 Å². The molecular weight excluding hydrogens is 460 g/mol. The molecule has 0 radical (unpaired) electrons. The standard InChI is InChI=1S/C24H21BrN2O4/c1-16-3-7-19(8-4-16)24(29)31-22-11-5-18(6-12-22)15-26-27-23(28)17(2)30-21-13-9-20(25)10-14-21/h3-15,17H,1-2H3,(H,27,28)/b26-15-/t17-/m1/s1. The van der Waals surface area contributed by atoms with Crippen molar-refractivity contribution in [3.05, 3.63) is 94.0 Å². The molecule has 3 aromatic carbocycles. The van der Waals surface area contributed by atoms with Crippen LogP contribution < -0.4 is 14.9 Å². The summed E-state index contributed by atoms with van der Waals surface area (Å²) in [5.41, 5.74) is 4.74. The zero-order valence-corrected chi connectivity index (χ0v) is 18.6. The lowest BCUT2D eigenvalue weighted by Gasteiger charge is -2.12. The third-order valence-electron chi connectivity index (χ3n) is 4.26. The third kappa shape index (κ3) is 6.79. The molecule has 0 saturated carbocycles. The number of ether oxygens (including phenoxy) is 2. The van der Waals surface area contributed by atoms with Crippen LogP contribution in [0.1, 0.15) is 28.4 Å². The topological polar surface area (TPSA) is 77.0 Å². The summed E-state index contributed by atoms with van der Waals surface area (Å²) >= 11 is 3.35. The number of nitrogens with one attached hydrogen (secondary N) is 1. The van der Waals surface area contributed by atoms with Gasteiger partial charge in [0.25, 0.3) is 5.91 Å². The Bertz CT molecular complexity index is 1060. The van der Waals surface area contributed by atoms with Gasteiger partial charge in [-0.3, -0.25) is 4.79 Å². The molecule has 3 aromatic rings. The fraction of sp³-hybridized carbons (Fsp3) is 0.125. The van der Waals surface area contributed by atoms with E-state index in [1.54, 1.807) is 55.5 Å². The van der Waals surface area contributed by atoms with Crippen LogP contribution in [0.15, 0.2) is 82.4 Å². The number of benzene rings is 3. The molecule has 0 aliphatic heterocycles. The number of esters is 1. The smallest absolute Gasteiger partial charge is 0.343 e. The normalized spacial score (nSPS) is 11.7. The number of amides is 1. The fourth-order valence-electron chi connectivity index (χ4n) is 2.51. The Morgan fingerprint density at radius 1 is 0.935 bits per heavy atom. The summed E-state index contributed by atoms with van der Waals surface area (Å²) in [6.45, 7) is 3.60. The first-order valence-corrected chi connectivity index (χ1v) is 10.3. The van der Waals surface area contributed by atoms with Crippen LogP contribution in [0.25, 0.3) is 0 Å². The zero-order chi connectivity index (χ0) is 22.2. The highest BCUT2D eigenvalue weighted by Crippen LogP contribution is 2.17. The molecule has 158 valence electrons. The van der Waals surface area contributed by atoms with Crippen molar-refractivity contribution in [3.63, 3.8) is 0 Å². The van der Waals surface area contributed by atoms with Gasteiger partial charge >= 0.3 is 5.97 Å². The fourth-order valence-corrected chi connectivity index (χ4v) is 2.77. The van der Waals surface area contributed by atoms with E-state index in [1.807, 2.05) is 31.2 Å². The highest BCUT2D eigenvalue weighted by atomic mass is 79.9. The van der Waals surface area contributed by atoms with E-state index in [9.17, 15) is 9.59 Å². The summed E-state index contributed by atoms with van der Waals surface area (Å²) in [6, 6.07) is 21.2. The van der Waals surface area contributed by atoms with Crippen molar-refractivity contribution in [2.24, 2.45) is 5.10 Å². The summed E-state index contributed by atoms with van der Waals surface area (Å²) in [7, 11) is 0. The minimum absolute atomic E-state index is 0.372. The molecule has 6 nitrogen and oxygen atoms in total. The molecular formula is C24H21BrN2O4. The van der Waals surface area contributed by atoms with E-state index >= 15 is 0 Å². The number of hydrogen-bond acceptors (Lipinski definition) is 5. The van der Waals surface area contributed by atoms with Gasteiger partial charge in [-0.2, -0.15) is 5.10 Å². The lowest BCUT2D eigenvalue weighted by atomic mass is 10.1. The van der Waals surface area contributed by atoms with Crippen molar-refractivity contribution >= 4 is 34.0 Å². The van der Waals surface area contributed by atoms with E-state index in [1.165, 1.54) is 6.21 Å².